The highest BCUT2D eigenvalue weighted by Gasteiger charge is 2.65. The summed E-state index contributed by atoms with van der Waals surface area (Å²) in [7, 11) is 0. The Hall–Kier alpha value is -1.91. The molecule has 0 saturated heterocycles. The van der Waals surface area contributed by atoms with E-state index >= 15 is 0 Å². The van der Waals surface area contributed by atoms with Crippen LogP contribution in [0.2, 0.25) is 0 Å². The summed E-state index contributed by atoms with van der Waals surface area (Å²) in [6.07, 6.45) is 3.21. The SMILES string of the molecule is Cc1ccncc1NC(=O)[C@H]1[C@@H](C(=O)O)C1(C)C. The Morgan fingerprint density at radius 3 is 2.56 bits per heavy atom. The maximum absolute atomic E-state index is 12.1. The summed E-state index contributed by atoms with van der Waals surface area (Å²) in [5, 5.41) is 11.8. The first-order valence-electron chi connectivity index (χ1n) is 5.80. The van der Waals surface area contributed by atoms with Gasteiger partial charge in [0.25, 0.3) is 0 Å². The molecule has 2 atom stereocenters. The molecular weight excluding hydrogens is 232 g/mol. The van der Waals surface area contributed by atoms with E-state index in [-0.39, 0.29) is 5.91 Å². The van der Waals surface area contributed by atoms with E-state index in [9.17, 15) is 9.59 Å². The van der Waals surface area contributed by atoms with E-state index in [0.29, 0.717) is 5.69 Å². The van der Waals surface area contributed by atoms with Crippen LogP contribution in [-0.4, -0.2) is 22.0 Å². The molecule has 0 bridgehead atoms. The zero-order chi connectivity index (χ0) is 13.5. The van der Waals surface area contributed by atoms with Gasteiger partial charge in [-0.05, 0) is 24.0 Å². The molecule has 0 aliphatic heterocycles. The normalized spacial score (nSPS) is 24.4. The number of nitrogens with one attached hydrogen (secondary N) is 1. The number of aryl methyl sites for hydroxylation is 1. The van der Waals surface area contributed by atoms with Crippen LogP contribution in [0.3, 0.4) is 0 Å². The van der Waals surface area contributed by atoms with Crippen LogP contribution in [0.4, 0.5) is 5.69 Å². The van der Waals surface area contributed by atoms with Crippen LogP contribution in [0.5, 0.6) is 0 Å². The molecule has 96 valence electrons. The molecule has 1 heterocycles. The summed E-state index contributed by atoms with van der Waals surface area (Å²) in [5.41, 5.74) is 1.06. The van der Waals surface area contributed by atoms with Gasteiger partial charge in [0.05, 0.1) is 23.7 Å². The third-order valence-corrected chi connectivity index (χ3v) is 3.67. The number of hydrogen-bond acceptors (Lipinski definition) is 3. The lowest BCUT2D eigenvalue weighted by molar-refractivity contribution is -0.140. The van der Waals surface area contributed by atoms with E-state index in [1.165, 1.54) is 0 Å². The second-order valence-electron chi connectivity index (χ2n) is 5.29. The van der Waals surface area contributed by atoms with Gasteiger partial charge in [0.15, 0.2) is 0 Å². The molecule has 5 nitrogen and oxygen atoms in total. The number of carbonyl (C=O) groups is 2. The number of hydrogen-bond donors (Lipinski definition) is 2. The minimum atomic E-state index is -0.914. The predicted molar refractivity (Wildman–Crippen MR) is 66.0 cm³/mol. The first-order chi connectivity index (χ1) is 8.35. The molecule has 1 aliphatic rings. The van der Waals surface area contributed by atoms with Gasteiger partial charge < -0.3 is 10.4 Å². The number of amides is 1. The Bertz CT molecular complexity index is 511. The van der Waals surface area contributed by atoms with E-state index < -0.39 is 23.2 Å². The Labute approximate surface area is 105 Å². The molecule has 0 unspecified atom stereocenters. The molecule has 1 aromatic heterocycles. The lowest BCUT2D eigenvalue weighted by Gasteiger charge is -2.07. The van der Waals surface area contributed by atoms with Crippen molar-refractivity contribution in [2.75, 3.05) is 5.32 Å². The summed E-state index contributed by atoms with van der Waals surface area (Å²) in [6.45, 7) is 5.46. The second kappa shape index (κ2) is 4.08. The van der Waals surface area contributed by atoms with Crippen LogP contribution in [0.25, 0.3) is 0 Å². The first-order valence-corrected chi connectivity index (χ1v) is 5.80. The number of pyridine rings is 1. The fourth-order valence-electron chi connectivity index (χ4n) is 2.39. The van der Waals surface area contributed by atoms with Crippen LogP contribution in [0.1, 0.15) is 19.4 Å². The summed E-state index contributed by atoms with van der Waals surface area (Å²) in [6, 6.07) is 1.79. The molecule has 0 radical (unpaired) electrons. The van der Waals surface area contributed by atoms with E-state index in [2.05, 4.69) is 10.3 Å². The monoisotopic (exact) mass is 248 g/mol. The van der Waals surface area contributed by atoms with Gasteiger partial charge in [-0.1, -0.05) is 13.8 Å². The van der Waals surface area contributed by atoms with Crippen molar-refractivity contribution in [1.29, 1.82) is 0 Å². The highest BCUT2D eigenvalue weighted by molar-refractivity contribution is 6.00. The zero-order valence-corrected chi connectivity index (χ0v) is 10.6. The molecule has 18 heavy (non-hydrogen) atoms. The van der Waals surface area contributed by atoms with Crippen LogP contribution >= 0.6 is 0 Å². The molecule has 5 heteroatoms. The minimum Gasteiger partial charge on any atom is -0.481 e. The van der Waals surface area contributed by atoms with Crippen molar-refractivity contribution < 1.29 is 14.7 Å². The number of aromatic nitrogens is 1. The molecule has 1 aliphatic carbocycles. The standard InChI is InChI=1S/C13H16N2O3/c1-7-4-5-14-6-8(7)15-11(16)9-10(12(17)18)13(9,2)3/h4-6,9-10H,1-3H3,(H,15,16)(H,17,18)/t9-,10+/m1/s1. The lowest BCUT2D eigenvalue weighted by Crippen LogP contribution is -2.18. The Morgan fingerprint density at radius 2 is 2.06 bits per heavy atom. The van der Waals surface area contributed by atoms with Crippen LogP contribution in [0, 0.1) is 24.2 Å². The Balaban J connectivity index is 2.11. The van der Waals surface area contributed by atoms with E-state index in [4.69, 9.17) is 5.11 Å². The molecular formula is C13H16N2O3. The van der Waals surface area contributed by atoms with Gasteiger partial charge in [-0.25, -0.2) is 0 Å². The Kier molecular flexibility index (Phi) is 2.84. The van der Waals surface area contributed by atoms with Crippen LogP contribution < -0.4 is 5.32 Å². The van der Waals surface area contributed by atoms with Gasteiger partial charge in [0, 0.05) is 6.20 Å². The number of nitrogens with zero attached hydrogens (tertiary/aromatic N) is 1. The maximum atomic E-state index is 12.1. The minimum absolute atomic E-state index is 0.247. The molecule has 1 fully saturated rings. The van der Waals surface area contributed by atoms with Crippen molar-refractivity contribution in [3.05, 3.63) is 24.0 Å². The van der Waals surface area contributed by atoms with Crippen molar-refractivity contribution in [3.8, 4) is 0 Å². The molecule has 2 rings (SSSR count). The quantitative estimate of drug-likeness (QED) is 0.853. The average Bonchev–Trinajstić information content (AvgIpc) is 2.85. The number of carbonyl (C=O) groups excluding carboxylic acids is 1. The van der Waals surface area contributed by atoms with E-state index in [1.807, 2.05) is 6.92 Å². The zero-order valence-electron chi connectivity index (χ0n) is 10.6. The summed E-state index contributed by atoms with van der Waals surface area (Å²) in [5.74, 6) is -2.24. The summed E-state index contributed by atoms with van der Waals surface area (Å²) < 4.78 is 0. The predicted octanol–water partition coefficient (Wildman–Crippen LogP) is 1.69. The van der Waals surface area contributed by atoms with Gasteiger partial charge >= 0.3 is 5.97 Å². The third kappa shape index (κ3) is 1.96. The maximum Gasteiger partial charge on any atom is 0.307 e. The van der Waals surface area contributed by atoms with Gasteiger partial charge in [-0.2, -0.15) is 0 Å². The van der Waals surface area contributed by atoms with E-state index in [1.54, 1.807) is 32.3 Å². The first kappa shape index (κ1) is 12.5. The van der Waals surface area contributed by atoms with Crippen molar-refractivity contribution in [2.45, 2.75) is 20.8 Å². The van der Waals surface area contributed by atoms with Crippen molar-refractivity contribution in [2.24, 2.45) is 17.3 Å². The topological polar surface area (TPSA) is 79.3 Å². The fraction of sp³-hybridized carbons (Fsp3) is 0.462. The Morgan fingerprint density at radius 1 is 1.39 bits per heavy atom. The summed E-state index contributed by atoms with van der Waals surface area (Å²) >= 11 is 0. The molecule has 2 N–H and O–H groups in total. The van der Waals surface area contributed by atoms with E-state index in [0.717, 1.165) is 5.56 Å². The highest BCUT2D eigenvalue weighted by atomic mass is 16.4. The highest BCUT2D eigenvalue weighted by Crippen LogP contribution is 2.58. The molecule has 1 saturated carbocycles. The number of rotatable bonds is 3. The van der Waals surface area contributed by atoms with Crippen molar-refractivity contribution >= 4 is 17.6 Å². The van der Waals surface area contributed by atoms with Crippen LogP contribution in [0.15, 0.2) is 18.5 Å². The molecule has 1 aromatic rings. The number of aliphatic carboxylic acids is 1. The van der Waals surface area contributed by atoms with Gasteiger partial charge in [0.2, 0.25) is 5.91 Å². The van der Waals surface area contributed by atoms with Crippen molar-refractivity contribution in [1.82, 2.24) is 4.98 Å². The second-order valence-corrected chi connectivity index (χ2v) is 5.29. The molecule has 0 aromatic carbocycles. The smallest absolute Gasteiger partial charge is 0.307 e. The van der Waals surface area contributed by atoms with Crippen molar-refractivity contribution in [3.63, 3.8) is 0 Å². The fourth-order valence-corrected chi connectivity index (χ4v) is 2.39. The van der Waals surface area contributed by atoms with Crippen LogP contribution in [-0.2, 0) is 9.59 Å². The summed E-state index contributed by atoms with van der Waals surface area (Å²) in [4.78, 5) is 27.0. The third-order valence-electron chi connectivity index (χ3n) is 3.67. The van der Waals surface area contributed by atoms with Gasteiger partial charge in [0.1, 0.15) is 0 Å². The molecule has 1 amide bonds. The lowest BCUT2D eigenvalue weighted by atomic mass is 10.1. The largest absolute Gasteiger partial charge is 0.481 e. The average molecular weight is 248 g/mol. The number of carboxylic acid groups (broad SMARTS) is 1. The number of carboxylic acids is 1. The number of anilines is 1. The van der Waals surface area contributed by atoms with Gasteiger partial charge in [-0.3, -0.25) is 14.6 Å². The molecule has 0 spiro atoms. The van der Waals surface area contributed by atoms with Gasteiger partial charge in [-0.15, -0.1) is 0 Å².